The van der Waals surface area contributed by atoms with E-state index >= 15 is 0 Å². The fraction of sp³-hybridized carbons (Fsp3) is 0.357. The molecule has 20 heavy (non-hydrogen) atoms. The summed E-state index contributed by atoms with van der Waals surface area (Å²) >= 11 is 0. The zero-order valence-electron chi connectivity index (χ0n) is 11.4. The van der Waals surface area contributed by atoms with Gasteiger partial charge in [-0.3, -0.25) is 0 Å². The maximum absolute atomic E-state index is 4.51. The van der Waals surface area contributed by atoms with Crippen LogP contribution in [0.1, 0.15) is 17.8 Å². The van der Waals surface area contributed by atoms with Crippen LogP contribution < -0.4 is 4.90 Å². The zero-order valence-corrected chi connectivity index (χ0v) is 11.4. The molecule has 4 heterocycles. The van der Waals surface area contributed by atoms with E-state index in [1.54, 1.807) is 6.20 Å². The molecule has 4 rings (SSSR count). The maximum Gasteiger partial charge on any atom is 0.157 e. The molecule has 0 aromatic carbocycles. The number of fused-ring (bicyclic) bond motifs is 2. The summed E-state index contributed by atoms with van der Waals surface area (Å²) in [5.74, 6) is 1.10. The van der Waals surface area contributed by atoms with Crippen molar-refractivity contribution in [1.29, 1.82) is 0 Å². The fourth-order valence-electron chi connectivity index (χ4n) is 2.83. The van der Waals surface area contributed by atoms with Gasteiger partial charge in [0, 0.05) is 37.1 Å². The largest absolute Gasteiger partial charge is 0.350 e. The van der Waals surface area contributed by atoms with Gasteiger partial charge in [0.25, 0.3) is 0 Å². The molecule has 0 unspecified atom stereocenters. The first-order valence-electron chi connectivity index (χ1n) is 6.86. The van der Waals surface area contributed by atoms with Crippen molar-refractivity contribution >= 4 is 11.5 Å². The van der Waals surface area contributed by atoms with Crippen molar-refractivity contribution in [2.24, 2.45) is 0 Å². The molecular formula is C14H16N6. The second kappa shape index (κ2) is 4.33. The average molecular weight is 268 g/mol. The third-order valence-corrected chi connectivity index (χ3v) is 3.77. The predicted molar refractivity (Wildman–Crippen MR) is 75.6 cm³/mol. The highest BCUT2D eigenvalue weighted by Gasteiger charge is 2.17. The summed E-state index contributed by atoms with van der Waals surface area (Å²) in [7, 11) is 0. The summed E-state index contributed by atoms with van der Waals surface area (Å²) in [6.07, 6.45) is 6.77. The Morgan fingerprint density at radius 1 is 1.25 bits per heavy atom. The number of aromatic nitrogens is 5. The first kappa shape index (κ1) is 11.5. The van der Waals surface area contributed by atoms with E-state index in [1.807, 2.05) is 30.0 Å². The molecule has 3 aromatic heterocycles. The lowest BCUT2D eigenvalue weighted by molar-refractivity contribution is 0.658. The van der Waals surface area contributed by atoms with Crippen LogP contribution in [0.25, 0.3) is 5.65 Å². The van der Waals surface area contributed by atoms with E-state index in [0.29, 0.717) is 0 Å². The predicted octanol–water partition coefficient (Wildman–Crippen LogP) is 1.64. The summed E-state index contributed by atoms with van der Waals surface area (Å²) < 4.78 is 4.15. The Morgan fingerprint density at radius 3 is 3.15 bits per heavy atom. The van der Waals surface area contributed by atoms with Gasteiger partial charge in [-0.1, -0.05) is 0 Å². The molecular weight excluding hydrogens is 252 g/mol. The lowest BCUT2D eigenvalue weighted by Crippen LogP contribution is -2.25. The van der Waals surface area contributed by atoms with Gasteiger partial charge in [0.05, 0.1) is 24.8 Å². The molecule has 0 bridgehead atoms. The second-order valence-electron chi connectivity index (χ2n) is 5.21. The maximum atomic E-state index is 4.51. The smallest absolute Gasteiger partial charge is 0.157 e. The van der Waals surface area contributed by atoms with E-state index in [0.717, 1.165) is 43.2 Å². The Hall–Kier alpha value is -2.37. The molecule has 1 aliphatic rings. The first-order valence-corrected chi connectivity index (χ1v) is 6.86. The molecule has 0 atom stereocenters. The molecule has 0 radical (unpaired) electrons. The lowest BCUT2D eigenvalue weighted by atomic mass is 10.3. The van der Waals surface area contributed by atoms with Crippen LogP contribution in [0.2, 0.25) is 0 Å². The minimum Gasteiger partial charge on any atom is -0.350 e. The van der Waals surface area contributed by atoms with Crippen LogP contribution >= 0.6 is 0 Å². The molecule has 0 aliphatic carbocycles. The van der Waals surface area contributed by atoms with E-state index in [-0.39, 0.29) is 0 Å². The summed E-state index contributed by atoms with van der Waals surface area (Å²) in [6, 6.07) is 4.05. The van der Waals surface area contributed by atoms with Crippen LogP contribution in [0.15, 0.2) is 30.9 Å². The molecule has 0 spiro atoms. The standard InChI is InChI=1S/C14H16N6/c1-11-7-14(20-13(17-11)3-4-16-20)18-5-2-6-19-10-15-8-12(19)9-18/h3-4,7-8,10H,2,5-6,9H2,1H3. The van der Waals surface area contributed by atoms with E-state index in [1.165, 1.54) is 5.69 Å². The third-order valence-electron chi connectivity index (χ3n) is 3.77. The minimum atomic E-state index is 0.860. The van der Waals surface area contributed by atoms with Crippen LogP contribution in [0.3, 0.4) is 0 Å². The van der Waals surface area contributed by atoms with Gasteiger partial charge < -0.3 is 9.47 Å². The molecule has 0 amide bonds. The molecule has 0 N–H and O–H groups in total. The lowest BCUT2D eigenvalue weighted by Gasteiger charge is -2.23. The number of rotatable bonds is 1. The van der Waals surface area contributed by atoms with Crippen LogP contribution in [0.4, 0.5) is 5.82 Å². The summed E-state index contributed by atoms with van der Waals surface area (Å²) in [4.78, 5) is 11.1. The first-order chi connectivity index (χ1) is 9.81. The topological polar surface area (TPSA) is 51.2 Å². The highest BCUT2D eigenvalue weighted by atomic mass is 15.3. The number of aryl methyl sites for hydroxylation is 2. The molecule has 0 fully saturated rings. The summed E-state index contributed by atoms with van der Waals surface area (Å²) in [5.41, 5.74) is 3.17. The van der Waals surface area contributed by atoms with Crippen molar-refractivity contribution in [2.75, 3.05) is 11.4 Å². The van der Waals surface area contributed by atoms with Crippen LogP contribution in [-0.4, -0.2) is 30.7 Å². The number of hydrogen-bond donors (Lipinski definition) is 0. The van der Waals surface area contributed by atoms with Gasteiger partial charge in [0.1, 0.15) is 5.82 Å². The Morgan fingerprint density at radius 2 is 2.20 bits per heavy atom. The highest BCUT2D eigenvalue weighted by Crippen LogP contribution is 2.21. The van der Waals surface area contributed by atoms with E-state index in [9.17, 15) is 0 Å². The minimum absolute atomic E-state index is 0.860. The van der Waals surface area contributed by atoms with E-state index in [4.69, 9.17) is 0 Å². The van der Waals surface area contributed by atoms with Crippen LogP contribution in [0.5, 0.6) is 0 Å². The summed E-state index contributed by atoms with van der Waals surface area (Å²) in [6.45, 7) is 4.93. The van der Waals surface area contributed by atoms with Crippen molar-refractivity contribution in [2.45, 2.75) is 26.4 Å². The number of nitrogens with zero attached hydrogens (tertiary/aromatic N) is 6. The molecule has 1 aliphatic heterocycles. The average Bonchev–Trinajstić information content (AvgIpc) is 3.02. The molecule has 6 nitrogen and oxygen atoms in total. The van der Waals surface area contributed by atoms with Gasteiger partial charge >= 0.3 is 0 Å². The highest BCUT2D eigenvalue weighted by molar-refractivity contribution is 5.50. The summed E-state index contributed by atoms with van der Waals surface area (Å²) in [5, 5.41) is 4.40. The van der Waals surface area contributed by atoms with Gasteiger partial charge in [-0.05, 0) is 13.3 Å². The van der Waals surface area contributed by atoms with Crippen molar-refractivity contribution in [3.05, 3.63) is 42.2 Å². The fourth-order valence-corrected chi connectivity index (χ4v) is 2.83. The van der Waals surface area contributed by atoms with E-state index < -0.39 is 0 Å². The van der Waals surface area contributed by atoms with Crippen LogP contribution in [0, 0.1) is 6.92 Å². The normalized spacial score (nSPS) is 15.3. The number of hydrogen-bond acceptors (Lipinski definition) is 4. The second-order valence-corrected chi connectivity index (χ2v) is 5.21. The SMILES string of the molecule is Cc1cc(N2CCCn3cncc3C2)n2nccc2n1. The molecule has 0 saturated carbocycles. The number of anilines is 1. The number of imidazole rings is 1. The monoisotopic (exact) mass is 268 g/mol. The van der Waals surface area contributed by atoms with Crippen LogP contribution in [-0.2, 0) is 13.1 Å². The Kier molecular flexibility index (Phi) is 2.48. The zero-order chi connectivity index (χ0) is 13.5. The van der Waals surface area contributed by atoms with Crippen molar-refractivity contribution in [3.63, 3.8) is 0 Å². The van der Waals surface area contributed by atoms with Gasteiger partial charge in [-0.15, -0.1) is 0 Å². The quantitative estimate of drug-likeness (QED) is 0.673. The molecule has 0 saturated heterocycles. The van der Waals surface area contributed by atoms with E-state index in [2.05, 4.69) is 30.6 Å². The Labute approximate surface area is 116 Å². The van der Waals surface area contributed by atoms with Gasteiger partial charge in [-0.25, -0.2) is 9.97 Å². The molecule has 102 valence electrons. The van der Waals surface area contributed by atoms with Crippen molar-refractivity contribution in [3.8, 4) is 0 Å². The van der Waals surface area contributed by atoms with Gasteiger partial charge in [0.15, 0.2) is 5.65 Å². The molecule has 6 heteroatoms. The Balaban J connectivity index is 1.81. The Bertz CT molecular complexity index is 756. The van der Waals surface area contributed by atoms with Gasteiger partial charge in [-0.2, -0.15) is 9.61 Å². The van der Waals surface area contributed by atoms with Crippen molar-refractivity contribution < 1.29 is 0 Å². The third kappa shape index (κ3) is 1.76. The van der Waals surface area contributed by atoms with Crippen molar-refractivity contribution in [1.82, 2.24) is 24.1 Å². The molecule has 3 aromatic rings. The van der Waals surface area contributed by atoms with Gasteiger partial charge in [0.2, 0.25) is 0 Å².